The molecular formula is C5H11NO2S. The predicted octanol–water partition coefficient (Wildman–Crippen LogP) is -0.416. The largest absolute Gasteiger partial charge is 0.382 e. The van der Waals surface area contributed by atoms with Crippen LogP contribution in [0, 0.1) is 0 Å². The van der Waals surface area contributed by atoms with Crippen molar-refractivity contribution < 1.29 is 9.90 Å². The van der Waals surface area contributed by atoms with Crippen LogP contribution in [0.15, 0.2) is 0 Å². The summed E-state index contributed by atoms with van der Waals surface area (Å²) in [5.74, 6) is -0.656. The normalized spacial score (nSPS) is 16.8. The third-order valence-electron chi connectivity index (χ3n) is 1.11. The number of carbonyl (C=O) groups is 1. The number of amides is 1. The van der Waals surface area contributed by atoms with Gasteiger partial charge in [-0.2, -0.15) is 11.8 Å². The molecule has 0 saturated carbocycles. The summed E-state index contributed by atoms with van der Waals surface area (Å²) in [5, 5.41) is 8.79. The molecule has 0 aromatic heterocycles. The van der Waals surface area contributed by atoms with Gasteiger partial charge in [0, 0.05) is 5.25 Å². The fourth-order valence-corrected chi connectivity index (χ4v) is 0.752. The Hall–Kier alpha value is -0.220. The Bertz CT molecular complexity index is 107. The van der Waals surface area contributed by atoms with Gasteiger partial charge in [0.2, 0.25) is 5.91 Å². The third-order valence-corrected chi connectivity index (χ3v) is 2.11. The number of primary amides is 1. The van der Waals surface area contributed by atoms with Crippen molar-refractivity contribution in [2.45, 2.75) is 18.3 Å². The first-order valence-electron chi connectivity index (χ1n) is 2.59. The summed E-state index contributed by atoms with van der Waals surface area (Å²) in [6, 6.07) is 0. The second kappa shape index (κ2) is 3.74. The molecule has 9 heavy (non-hydrogen) atoms. The molecule has 3 N–H and O–H groups in total. The quantitative estimate of drug-likeness (QED) is 0.573. The summed E-state index contributed by atoms with van der Waals surface area (Å²) in [7, 11) is 0. The van der Waals surface area contributed by atoms with Gasteiger partial charge in [-0.25, -0.2) is 0 Å². The van der Waals surface area contributed by atoms with Crippen LogP contribution in [-0.2, 0) is 4.79 Å². The molecule has 0 spiro atoms. The number of thioether (sulfide) groups is 1. The SMILES string of the molecule is CSC(C)C(O)C(N)=O. The second-order valence-corrected chi connectivity index (χ2v) is 3.00. The van der Waals surface area contributed by atoms with Crippen molar-refractivity contribution in [1.29, 1.82) is 0 Å². The summed E-state index contributed by atoms with van der Waals surface area (Å²) in [6.45, 7) is 1.75. The fourth-order valence-electron chi connectivity index (χ4n) is 0.360. The van der Waals surface area contributed by atoms with E-state index in [0.29, 0.717) is 0 Å². The Balaban J connectivity index is 3.72. The minimum Gasteiger partial charge on any atom is -0.382 e. The number of hydrogen-bond donors (Lipinski definition) is 2. The van der Waals surface area contributed by atoms with Gasteiger partial charge in [-0.05, 0) is 6.26 Å². The Morgan fingerprint density at radius 3 is 2.33 bits per heavy atom. The lowest BCUT2D eigenvalue weighted by atomic mass is 10.3. The zero-order valence-corrected chi connectivity index (χ0v) is 6.31. The molecule has 0 aromatic rings. The Morgan fingerprint density at radius 1 is 1.78 bits per heavy atom. The van der Waals surface area contributed by atoms with Crippen molar-refractivity contribution in [1.82, 2.24) is 0 Å². The molecule has 2 unspecified atom stereocenters. The minimum absolute atomic E-state index is 0.109. The smallest absolute Gasteiger partial charge is 0.247 e. The minimum atomic E-state index is -1.01. The molecule has 0 saturated heterocycles. The summed E-state index contributed by atoms with van der Waals surface area (Å²) in [4.78, 5) is 10.3. The van der Waals surface area contributed by atoms with Crippen molar-refractivity contribution in [3.05, 3.63) is 0 Å². The molecule has 0 heterocycles. The molecule has 0 radical (unpaired) electrons. The van der Waals surface area contributed by atoms with Gasteiger partial charge in [0.1, 0.15) is 6.10 Å². The van der Waals surface area contributed by atoms with Crippen molar-refractivity contribution in [2.24, 2.45) is 5.73 Å². The maximum atomic E-state index is 10.3. The van der Waals surface area contributed by atoms with Crippen LogP contribution in [0.25, 0.3) is 0 Å². The van der Waals surface area contributed by atoms with Crippen LogP contribution < -0.4 is 5.73 Å². The lowest BCUT2D eigenvalue weighted by molar-refractivity contribution is -0.125. The molecule has 4 heteroatoms. The van der Waals surface area contributed by atoms with Crippen molar-refractivity contribution in [3.63, 3.8) is 0 Å². The van der Waals surface area contributed by atoms with Crippen LogP contribution in [0.1, 0.15) is 6.92 Å². The average molecular weight is 149 g/mol. The highest BCUT2D eigenvalue weighted by molar-refractivity contribution is 7.99. The molecule has 3 nitrogen and oxygen atoms in total. The van der Waals surface area contributed by atoms with E-state index in [4.69, 9.17) is 10.8 Å². The predicted molar refractivity (Wildman–Crippen MR) is 38.2 cm³/mol. The van der Waals surface area contributed by atoms with E-state index in [1.807, 2.05) is 6.26 Å². The Morgan fingerprint density at radius 2 is 2.22 bits per heavy atom. The van der Waals surface area contributed by atoms with Gasteiger partial charge in [-0.1, -0.05) is 6.92 Å². The van der Waals surface area contributed by atoms with E-state index < -0.39 is 12.0 Å². The number of nitrogens with two attached hydrogens (primary N) is 1. The maximum Gasteiger partial charge on any atom is 0.247 e. The zero-order chi connectivity index (χ0) is 7.44. The monoisotopic (exact) mass is 149 g/mol. The van der Waals surface area contributed by atoms with E-state index in [1.165, 1.54) is 11.8 Å². The first kappa shape index (κ1) is 8.78. The van der Waals surface area contributed by atoms with Crippen LogP contribution in [0.3, 0.4) is 0 Å². The summed E-state index contributed by atoms with van der Waals surface area (Å²) >= 11 is 1.41. The maximum absolute atomic E-state index is 10.3. The highest BCUT2D eigenvalue weighted by Gasteiger charge is 2.17. The molecule has 0 aliphatic carbocycles. The Kier molecular flexibility index (Phi) is 3.65. The molecule has 1 amide bonds. The lowest BCUT2D eigenvalue weighted by Gasteiger charge is -2.11. The van der Waals surface area contributed by atoms with Crippen LogP contribution in [0.4, 0.5) is 0 Å². The third kappa shape index (κ3) is 2.72. The van der Waals surface area contributed by atoms with Crippen molar-refractivity contribution in [3.8, 4) is 0 Å². The van der Waals surface area contributed by atoms with E-state index in [-0.39, 0.29) is 5.25 Å². The number of aliphatic hydroxyl groups excluding tert-OH is 1. The van der Waals surface area contributed by atoms with Crippen LogP contribution in [0.2, 0.25) is 0 Å². The van der Waals surface area contributed by atoms with Gasteiger partial charge in [-0.15, -0.1) is 0 Å². The van der Waals surface area contributed by atoms with E-state index in [0.717, 1.165) is 0 Å². The molecular weight excluding hydrogens is 138 g/mol. The average Bonchev–Trinajstić information content (AvgIpc) is 1.84. The Labute approximate surface area is 58.6 Å². The fraction of sp³-hybridized carbons (Fsp3) is 0.800. The van der Waals surface area contributed by atoms with Crippen molar-refractivity contribution >= 4 is 17.7 Å². The zero-order valence-electron chi connectivity index (χ0n) is 5.50. The van der Waals surface area contributed by atoms with Crippen molar-refractivity contribution in [2.75, 3.05) is 6.26 Å². The van der Waals surface area contributed by atoms with Crippen LogP contribution in [0.5, 0.6) is 0 Å². The molecule has 0 aromatic carbocycles. The highest BCUT2D eigenvalue weighted by atomic mass is 32.2. The van der Waals surface area contributed by atoms with E-state index in [9.17, 15) is 4.79 Å². The van der Waals surface area contributed by atoms with Crippen LogP contribution in [-0.4, -0.2) is 28.6 Å². The molecule has 0 bridgehead atoms. The number of aliphatic hydroxyl groups is 1. The molecule has 54 valence electrons. The number of rotatable bonds is 3. The number of carbonyl (C=O) groups excluding carboxylic acids is 1. The van der Waals surface area contributed by atoms with Gasteiger partial charge < -0.3 is 10.8 Å². The molecule has 0 fully saturated rings. The second-order valence-electron chi connectivity index (χ2n) is 1.79. The van der Waals surface area contributed by atoms with Crippen LogP contribution >= 0.6 is 11.8 Å². The van der Waals surface area contributed by atoms with E-state index in [2.05, 4.69) is 0 Å². The van der Waals surface area contributed by atoms with E-state index >= 15 is 0 Å². The van der Waals surface area contributed by atoms with Gasteiger partial charge in [0.05, 0.1) is 0 Å². The molecule has 0 aliphatic rings. The van der Waals surface area contributed by atoms with Gasteiger partial charge in [0.15, 0.2) is 0 Å². The van der Waals surface area contributed by atoms with Gasteiger partial charge >= 0.3 is 0 Å². The summed E-state index contributed by atoms with van der Waals surface area (Å²) < 4.78 is 0. The highest BCUT2D eigenvalue weighted by Crippen LogP contribution is 2.08. The lowest BCUT2D eigenvalue weighted by Crippen LogP contribution is -2.35. The summed E-state index contributed by atoms with van der Waals surface area (Å²) in [5.41, 5.74) is 4.81. The number of hydrogen-bond acceptors (Lipinski definition) is 3. The summed E-state index contributed by atoms with van der Waals surface area (Å²) in [6.07, 6.45) is 0.802. The molecule has 2 atom stereocenters. The topological polar surface area (TPSA) is 63.3 Å². The standard InChI is InChI=1S/C5H11NO2S/c1-3(9-2)4(7)5(6)8/h3-4,7H,1-2H3,(H2,6,8). The molecule has 0 aliphatic heterocycles. The first-order chi connectivity index (χ1) is 4.09. The van der Waals surface area contributed by atoms with Gasteiger partial charge in [0.25, 0.3) is 0 Å². The molecule has 0 rings (SSSR count). The first-order valence-corrected chi connectivity index (χ1v) is 3.88. The van der Waals surface area contributed by atoms with Gasteiger partial charge in [-0.3, -0.25) is 4.79 Å². The van der Waals surface area contributed by atoms with E-state index in [1.54, 1.807) is 6.92 Å².